The van der Waals surface area contributed by atoms with Crippen LogP contribution in [0.15, 0.2) is 41.0 Å². The summed E-state index contributed by atoms with van der Waals surface area (Å²) in [6.07, 6.45) is 3.58. The fourth-order valence-corrected chi connectivity index (χ4v) is 2.63. The molecule has 104 valence electrons. The highest BCUT2D eigenvalue weighted by atomic mass is 16.3. The SMILES string of the molecule is Cc1ccc2c(c1)nc(N)n2C(C)CCc1ccco1. The van der Waals surface area contributed by atoms with Crippen molar-refractivity contribution in [3.63, 3.8) is 0 Å². The molecule has 1 atom stereocenters. The van der Waals surface area contributed by atoms with E-state index < -0.39 is 0 Å². The summed E-state index contributed by atoms with van der Waals surface area (Å²) in [6, 6.07) is 10.5. The van der Waals surface area contributed by atoms with Crippen LogP contribution in [0.5, 0.6) is 0 Å². The molecular formula is C16H19N3O. The van der Waals surface area contributed by atoms with Crippen LogP contribution in [-0.4, -0.2) is 9.55 Å². The van der Waals surface area contributed by atoms with Crippen molar-refractivity contribution >= 4 is 17.0 Å². The number of rotatable bonds is 4. The molecule has 0 saturated heterocycles. The molecule has 0 fully saturated rings. The summed E-state index contributed by atoms with van der Waals surface area (Å²) in [4.78, 5) is 4.46. The summed E-state index contributed by atoms with van der Waals surface area (Å²) in [6.45, 7) is 4.23. The van der Waals surface area contributed by atoms with E-state index in [1.54, 1.807) is 6.26 Å². The molecule has 0 amide bonds. The maximum absolute atomic E-state index is 6.08. The van der Waals surface area contributed by atoms with E-state index in [9.17, 15) is 0 Å². The number of aromatic nitrogens is 2. The Kier molecular flexibility index (Phi) is 3.22. The standard InChI is InChI=1S/C16H19N3O/c1-11-5-8-15-14(10-11)18-16(17)19(15)12(2)6-7-13-4-3-9-20-13/h3-5,8-10,12H,6-7H2,1-2H3,(H2,17,18). The van der Waals surface area contributed by atoms with Gasteiger partial charge >= 0.3 is 0 Å². The van der Waals surface area contributed by atoms with Gasteiger partial charge in [-0.1, -0.05) is 6.07 Å². The van der Waals surface area contributed by atoms with E-state index in [1.807, 2.05) is 12.1 Å². The molecule has 0 saturated carbocycles. The van der Waals surface area contributed by atoms with Gasteiger partial charge in [-0.2, -0.15) is 0 Å². The topological polar surface area (TPSA) is 57.0 Å². The molecule has 1 aromatic carbocycles. The van der Waals surface area contributed by atoms with Crippen LogP contribution >= 0.6 is 0 Å². The van der Waals surface area contributed by atoms with Gasteiger partial charge in [0.2, 0.25) is 5.95 Å². The lowest BCUT2D eigenvalue weighted by Gasteiger charge is -2.15. The van der Waals surface area contributed by atoms with E-state index in [-0.39, 0.29) is 6.04 Å². The third-order valence-corrected chi connectivity index (χ3v) is 3.70. The maximum atomic E-state index is 6.08. The third-order valence-electron chi connectivity index (χ3n) is 3.70. The van der Waals surface area contributed by atoms with Gasteiger partial charge in [-0.25, -0.2) is 4.98 Å². The van der Waals surface area contributed by atoms with Gasteiger partial charge in [-0.05, 0) is 50.1 Å². The molecule has 0 aliphatic heterocycles. The van der Waals surface area contributed by atoms with Gasteiger partial charge in [0.05, 0.1) is 17.3 Å². The zero-order valence-corrected chi connectivity index (χ0v) is 11.8. The van der Waals surface area contributed by atoms with E-state index in [2.05, 4.69) is 41.6 Å². The Morgan fingerprint density at radius 3 is 2.95 bits per heavy atom. The first kappa shape index (κ1) is 12.8. The minimum absolute atomic E-state index is 0.285. The number of fused-ring (bicyclic) bond motifs is 1. The summed E-state index contributed by atoms with van der Waals surface area (Å²) in [7, 11) is 0. The van der Waals surface area contributed by atoms with Gasteiger partial charge in [0.25, 0.3) is 0 Å². The lowest BCUT2D eigenvalue weighted by atomic mass is 10.1. The number of anilines is 1. The van der Waals surface area contributed by atoms with Crippen molar-refractivity contribution in [3.05, 3.63) is 47.9 Å². The molecule has 0 aliphatic rings. The first-order valence-electron chi connectivity index (χ1n) is 6.91. The second-order valence-corrected chi connectivity index (χ2v) is 5.30. The van der Waals surface area contributed by atoms with Crippen LogP contribution in [0.2, 0.25) is 0 Å². The number of nitrogens with zero attached hydrogens (tertiary/aromatic N) is 2. The molecule has 20 heavy (non-hydrogen) atoms. The number of hydrogen-bond acceptors (Lipinski definition) is 3. The van der Waals surface area contributed by atoms with Gasteiger partial charge in [0.15, 0.2) is 0 Å². The zero-order chi connectivity index (χ0) is 14.1. The van der Waals surface area contributed by atoms with Crippen LogP contribution in [-0.2, 0) is 6.42 Å². The second-order valence-electron chi connectivity index (χ2n) is 5.30. The number of nitrogen functional groups attached to an aromatic ring is 1. The minimum atomic E-state index is 0.285. The van der Waals surface area contributed by atoms with Gasteiger partial charge in [0, 0.05) is 12.5 Å². The van der Waals surface area contributed by atoms with Crippen molar-refractivity contribution in [2.75, 3.05) is 5.73 Å². The molecule has 0 spiro atoms. The first-order chi connectivity index (χ1) is 9.65. The monoisotopic (exact) mass is 269 g/mol. The maximum Gasteiger partial charge on any atom is 0.201 e. The van der Waals surface area contributed by atoms with Crippen molar-refractivity contribution in [1.29, 1.82) is 0 Å². The summed E-state index contributed by atoms with van der Waals surface area (Å²) >= 11 is 0. The first-order valence-corrected chi connectivity index (χ1v) is 6.91. The number of imidazole rings is 1. The molecule has 4 nitrogen and oxygen atoms in total. The zero-order valence-electron chi connectivity index (χ0n) is 11.8. The van der Waals surface area contributed by atoms with Crippen molar-refractivity contribution in [1.82, 2.24) is 9.55 Å². The molecule has 2 aromatic heterocycles. The normalized spacial score (nSPS) is 12.9. The van der Waals surface area contributed by atoms with Crippen LogP contribution in [0.1, 0.15) is 30.7 Å². The molecule has 0 aliphatic carbocycles. The Morgan fingerprint density at radius 2 is 2.20 bits per heavy atom. The van der Waals surface area contributed by atoms with Gasteiger partial charge in [-0.3, -0.25) is 0 Å². The summed E-state index contributed by atoms with van der Waals surface area (Å²) in [5.41, 5.74) is 9.34. The predicted octanol–water partition coefficient (Wildman–Crippen LogP) is 3.71. The van der Waals surface area contributed by atoms with E-state index >= 15 is 0 Å². The van der Waals surface area contributed by atoms with Gasteiger partial charge in [0.1, 0.15) is 5.76 Å². The number of aryl methyl sites for hydroxylation is 2. The highest BCUT2D eigenvalue weighted by molar-refractivity contribution is 5.79. The Balaban J connectivity index is 1.87. The number of nitrogens with two attached hydrogens (primary N) is 1. The summed E-state index contributed by atoms with van der Waals surface area (Å²) in [5.74, 6) is 1.59. The number of benzene rings is 1. The Morgan fingerprint density at radius 1 is 1.35 bits per heavy atom. The fraction of sp³-hybridized carbons (Fsp3) is 0.312. The third kappa shape index (κ3) is 2.29. The molecule has 0 bridgehead atoms. The van der Waals surface area contributed by atoms with E-state index in [0.717, 1.165) is 29.6 Å². The lowest BCUT2D eigenvalue weighted by molar-refractivity contribution is 0.460. The second kappa shape index (κ2) is 5.04. The quantitative estimate of drug-likeness (QED) is 0.785. The molecule has 3 aromatic rings. The predicted molar refractivity (Wildman–Crippen MR) is 80.6 cm³/mol. The highest BCUT2D eigenvalue weighted by Crippen LogP contribution is 2.26. The molecule has 4 heteroatoms. The van der Waals surface area contributed by atoms with Crippen LogP contribution in [0.4, 0.5) is 5.95 Å². The van der Waals surface area contributed by atoms with Crippen molar-refractivity contribution < 1.29 is 4.42 Å². The van der Waals surface area contributed by atoms with Crippen LogP contribution < -0.4 is 5.73 Å². The Bertz CT molecular complexity index is 713. The van der Waals surface area contributed by atoms with Crippen LogP contribution in [0.25, 0.3) is 11.0 Å². The smallest absolute Gasteiger partial charge is 0.201 e. The van der Waals surface area contributed by atoms with Crippen molar-refractivity contribution in [3.8, 4) is 0 Å². The Labute approximate surface area is 118 Å². The van der Waals surface area contributed by atoms with E-state index in [0.29, 0.717) is 5.95 Å². The average molecular weight is 269 g/mol. The molecule has 2 heterocycles. The summed E-state index contributed by atoms with van der Waals surface area (Å²) < 4.78 is 7.49. The number of hydrogen-bond donors (Lipinski definition) is 1. The summed E-state index contributed by atoms with van der Waals surface area (Å²) in [5, 5.41) is 0. The van der Waals surface area contributed by atoms with Crippen LogP contribution in [0.3, 0.4) is 0 Å². The Hall–Kier alpha value is -2.23. The molecule has 3 rings (SSSR count). The molecule has 0 radical (unpaired) electrons. The minimum Gasteiger partial charge on any atom is -0.469 e. The lowest BCUT2D eigenvalue weighted by Crippen LogP contribution is -2.09. The largest absolute Gasteiger partial charge is 0.469 e. The van der Waals surface area contributed by atoms with E-state index in [1.165, 1.54) is 5.56 Å². The fourth-order valence-electron chi connectivity index (χ4n) is 2.63. The van der Waals surface area contributed by atoms with E-state index in [4.69, 9.17) is 10.2 Å². The number of furan rings is 1. The van der Waals surface area contributed by atoms with Crippen LogP contribution in [0, 0.1) is 6.92 Å². The van der Waals surface area contributed by atoms with Crippen molar-refractivity contribution in [2.45, 2.75) is 32.7 Å². The molecule has 1 unspecified atom stereocenters. The average Bonchev–Trinajstić information content (AvgIpc) is 3.02. The molecular weight excluding hydrogens is 250 g/mol. The molecule has 2 N–H and O–H groups in total. The van der Waals surface area contributed by atoms with Gasteiger partial charge in [-0.15, -0.1) is 0 Å². The van der Waals surface area contributed by atoms with Gasteiger partial charge < -0.3 is 14.7 Å². The highest BCUT2D eigenvalue weighted by Gasteiger charge is 2.14. The van der Waals surface area contributed by atoms with Crippen molar-refractivity contribution in [2.24, 2.45) is 0 Å².